The molecule has 1 heterocycles. The van der Waals surface area contributed by atoms with Gasteiger partial charge < -0.3 is 10.2 Å². The SMILES string of the molecule is Cc1nc(C(F)F)c(C(=O)Nc2ccccc2-c2ccc(/C=N\OCC3CC3)cc2)s1. The molecular weight excluding hydrogens is 420 g/mol. The fourth-order valence-corrected chi connectivity index (χ4v) is 3.88. The summed E-state index contributed by atoms with van der Waals surface area (Å²) >= 11 is 0.959. The molecule has 0 spiro atoms. The first-order valence-corrected chi connectivity index (χ1v) is 10.7. The van der Waals surface area contributed by atoms with E-state index in [2.05, 4.69) is 15.5 Å². The number of oxime groups is 1. The molecule has 2 aromatic carbocycles. The van der Waals surface area contributed by atoms with Crippen LogP contribution in [0.5, 0.6) is 0 Å². The Hall–Kier alpha value is -3.13. The quantitative estimate of drug-likeness (QED) is 0.341. The van der Waals surface area contributed by atoms with Crippen LogP contribution in [0.4, 0.5) is 14.5 Å². The smallest absolute Gasteiger partial charge is 0.282 e. The van der Waals surface area contributed by atoms with Crippen LogP contribution < -0.4 is 5.32 Å². The highest BCUT2D eigenvalue weighted by Gasteiger charge is 2.24. The molecule has 1 aliphatic rings. The van der Waals surface area contributed by atoms with Crippen molar-refractivity contribution in [2.45, 2.75) is 26.2 Å². The number of anilines is 1. The highest BCUT2D eigenvalue weighted by Crippen LogP contribution is 2.31. The second-order valence-electron chi connectivity index (χ2n) is 7.34. The summed E-state index contributed by atoms with van der Waals surface area (Å²) in [5.41, 5.74) is 2.60. The number of rotatable bonds is 8. The standard InChI is InChI=1S/C23H21F2N3O2S/c1-14-27-20(22(24)25)21(31-14)23(29)28-19-5-3-2-4-18(19)17-10-8-15(9-11-17)12-26-30-13-16-6-7-16/h2-5,8-12,16,22H,6-7,13H2,1H3,(H,28,29)/b26-12-. The number of amides is 1. The molecule has 1 N–H and O–H groups in total. The Bertz CT molecular complexity index is 1090. The van der Waals surface area contributed by atoms with Crippen molar-refractivity contribution in [1.82, 2.24) is 4.98 Å². The summed E-state index contributed by atoms with van der Waals surface area (Å²) in [6, 6.07) is 14.9. The first-order valence-electron chi connectivity index (χ1n) is 9.93. The van der Waals surface area contributed by atoms with Gasteiger partial charge in [-0.2, -0.15) is 0 Å². The van der Waals surface area contributed by atoms with Gasteiger partial charge in [0.25, 0.3) is 12.3 Å². The largest absolute Gasteiger partial charge is 0.396 e. The molecule has 1 fully saturated rings. The number of halogens is 2. The van der Waals surface area contributed by atoms with Gasteiger partial charge in [0.2, 0.25) is 0 Å². The summed E-state index contributed by atoms with van der Waals surface area (Å²) in [7, 11) is 0. The van der Waals surface area contributed by atoms with Gasteiger partial charge in [-0.3, -0.25) is 4.79 Å². The Labute approximate surface area is 182 Å². The van der Waals surface area contributed by atoms with Crippen molar-refractivity contribution in [1.29, 1.82) is 0 Å². The number of hydrogen-bond acceptors (Lipinski definition) is 5. The van der Waals surface area contributed by atoms with Gasteiger partial charge in [-0.1, -0.05) is 47.6 Å². The Balaban J connectivity index is 1.50. The minimum Gasteiger partial charge on any atom is -0.396 e. The van der Waals surface area contributed by atoms with Crippen LogP contribution in [0.3, 0.4) is 0 Å². The summed E-state index contributed by atoms with van der Waals surface area (Å²) < 4.78 is 26.4. The van der Waals surface area contributed by atoms with Crippen LogP contribution in [-0.4, -0.2) is 23.7 Å². The van der Waals surface area contributed by atoms with Gasteiger partial charge >= 0.3 is 0 Å². The van der Waals surface area contributed by atoms with Crippen molar-refractivity contribution in [3.05, 3.63) is 69.7 Å². The van der Waals surface area contributed by atoms with Crippen molar-refractivity contribution < 1.29 is 18.4 Å². The third-order valence-corrected chi connectivity index (χ3v) is 5.84. The molecule has 0 radical (unpaired) electrons. The average molecular weight is 442 g/mol. The van der Waals surface area contributed by atoms with E-state index in [9.17, 15) is 13.6 Å². The van der Waals surface area contributed by atoms with E-state index in [1.165, 1.54) is 12.8 Å². The molecule has 0 saturated heterocycles. The molecule has 0 aliphatic heterocycles. The number of aryl methyl sites for hydroxylation is 1. The van der Waals surface area contributed by atoms with Gasteiger partial charge in [0.15, 0.2) is 0 Å². The number of nitrogens with zero attached hydrogens (tertiary/aromatic N) is 2. The Kier molecular flexibility index (Phi) is 6.36. The molecule has 160 valence electrons. The molecule has 0 atom stereocenters. The number of nitrogens with one attached hydrogen (secondary N) is 1. The number of carbonyl (C=O) groups is 1. The van der Waals surface area contributed by atoms with Crippen LogP contribution in [0.15, 0.2) is 53.7 Å². The summed E-state index contributed by atoms with van der Waals surface area (Å²) in [6.45, 7) is 2.26. The maximum Gasteiger partial charge on any atom is 0.282 e. The van der Waals surface area contributed by atoms with Gasteiger partial charge in [-0.15, -0.1) is 11.3 Å². The van der Waals surface area contributed by atoms with E-state index in [0.29, 0.717) is 23.2 Å². The molecule has 0 bridgehead atoms. The van der Waals surface area contributed by atoms with Crippen molar-refractivity contribution in [3.8, 4) is 11.1 Å². The van der Waals surface area contributed by atoms with Crippen molar-refractivity contribution in [2.24, 2.45) is 11.1 Å². The molecule has 1 saturated carbocycles. The van der Waals surface area contributed by atoms with E-state index in [1.54, 1.807) is 25.3 Å². The minimum absolute atomic E-state index is 0.0694. The molecule has 1 aromatic heterocycles. The Morgan fingerprint density at radius 3 is 2.71 bits per heavy atom. The van der Waals surface area contributed by atoms with Crippen LogP contribution >= 0.6 is 11.3 Å². The third-order valence-electron chi connectivity index (χ3n) is 4.85. The van der Waals surface area contributed by atoms with Crippen molar-refractivity contribution >= 4 is 29.1 Å². The second kappa shape index (κ2) is 9.34. The fraction of sp³-hybridized carbons (Fsp3) is 0.261. The van der Waals surface area contributed by atoms with Crippen LogP contribution in [0.25, 0.3) is 11.1 Å². The number of benzene rings is 2. The lowest BCUT2D eigenvalue weighted by Gasteiger charge is -2.11. The zero-order valence-electron chi connectivity index (χ0n) is 16.8. The molecule has 3 aromatic rings. The zero-order chi connectivity index (χ0) is 21.8. The molecule has 8 heteroatoms. The third kappa shape index (κ3) is 5.32. The normalized spacial score (nSPS) is 13.7. The van der Waals surface area contributed by atoms with E-state index in [1.807, 2.05) is 36.4 Å². The predicted octanol–water partition coefficient (Wildman–Crippen LogP) is 6.07. The fourth-order valence-electron chi connectivity index (χ4n) is 3.06. The zero-order valence-corrected chi connectivity index (χ0v) is 17.7. The lowest BCUT2D eigenvalue weighted by atomic mass is 10.0. The van der Waals surface area contributed by atoms with E-state index < -0.39 is 18.0 Å². The lowest BCUT2D eigenvalue weighted by Crippen LogP contribution is -2.13. The first-order chi connectivity index (χ1) is 15.0. The summed E-state index contributed by atoms with van der Waals surface area (Å²) in [5.74, 6) is 0.0572. The number of para-hydroxylation sites is 1. The molecule has 5 nitrogen and oxygen atoms in total. The van der Waals surface area contributed by atoms with E-state index in [4.69, 9.17) is 4.84 Å². The number of alkyl halides is 2. The number of carbonyl (C=O) groups excluding carboxylic acids is 1. The number of thiazole rings is 1. The topological polar surface area (TPSA) is 63.6 Å². The van der Waals surface area contributed by atoms with Gasteiger partial charge in [0, 0.05) is 11.3 Å². The molecule has 1 aliphatic carbocycles. The van der Waals surface area contributed by atoms with E-state index in [0.717, 1.165) is 28.0 Å². The summed E-state index contributed by atoms with van der Waals surface area (Å²) in [5, 5.41) is 7.17. The monoisotopic (exact) mass is 441 g/mol. The maximum atomic E-state index is 13.2. The minimum atomic E-state index is -2.80. The number of hydrogen-bond donors (Lipinski definition) is 1. The highest BCUT2D eigenvalue weighted by molar-refractivity contribution is 7.13. The maximum absolute atomic E-state index is 13.2. The summed E-state index contributed by atoms with van der Waals surface area (Å²) in [4.78, 5) is 21.7. The van der Waals surface area contributed by atoms with Crippen LogP contribution in [0.2, 0.25) is 0 Å². The highest BCUT2D eigenvalue weighted by atomic mass is 32.1. The average Bonchev–Trinajstić information content (AvgIpc) is 3.50. The van der Waals surface area contributed by atoms with E-state index in [-0.39, 0.29) is 4.88 Å². The Morgan fingerprint density at radius 1 is 1.26 bits per heavy atom. The molecule has 4 rings (SSSR count). The van der Waals surface area contributed by atoms with Gasteiger partial charge in [-0.25, -0.2) is 13.8 Å². The van der Waals surface area contributed by atoms with Crippen molar-refractivity contribution in [3.63, 3.8) is 0 Å². The first kappa shape index (κ1) is 21.1. The van der Waals surface area contributed by atoms with Crippen LogP contribution in [0.1, 0.15) is 45.2 Å². The Morgan fingerprint density at radius 2 is 2.00 bits per heavy atom. The predicted molar refractivity (Wildman–Crippen MR) is 118 cm³/mol. The summed E-state index contributed by atoms with van der Waals surface area (Å²) in [6.07, 6.45) is 1.29. The van der Waals surface area contributed by atoms with Crippen LogP contribution in [-0.2, 0) is 4.84 Å². The molecule has 31 heavy (non-hydrogen) atoms. The van der Waals surface area contributed by atoms with Crippen molar-refractivity contribution in [2.75, 3.05) is 11.9 Å². The molecule has 0 unspecified atom stereocenters. The lowest BCUT2D eigenvalue weighted by molar-refractivity contribution is 0.101. The van der Waals surface area contributed by atoms with E-state index >= 15 is 0 Å². The van der Waals surface area contributed by atoms with Gasteiger partial charge in [0.05, 0.1) is 11.2 Å². The molecule has 1 amide bonds. The van der Waals surface area contributed by atoms with Gasteiger partial charge in [0.1, 0.15) is 17.2 Å². The van der Waals surface area contributed by atoms with Crippen LogP contribution in [0, 0.1) is 12.8 Å². The molecular formula is C23H21F2N3O2S. The second-order valence-corrected chi connectivity index (χ2v) is 8.55. The van der Waals surface area contributed by atoms with Gasteiger partial charge in [-0.05, 0) is 42.9 Å². The number of aromatic nitrogens is 1.